The van der Waals surface area contributed by atoms with Gasteiger partial charge in [0.05, 0.1) is 8.66 Å². The van der Waals surface area contributed by atoms with Crippen LogP contribution in [0.2, 0.25) is 0 Å². The van der Waals surface area contributed by atoms with Gasteiger partial charge in [-0.1, -0.05) is 13.8 Å². The van der Waals surface area contributed by atoms with Crippen LogP contribution < -0.4 is 11.1 Å². The van der Waals surface area contributed by atoms with E-state index in [0.29, 0.717) is 12.5 Å². The summed E-state index contributed by atoms with van der Waals surface area (Å²) in [6.45, 7) is 6.54. The summed E-state index contributed by atoms with van der Waals surface area (Å²) in [4.78, 5) is 12.6. The maximum Gasteiger partial charge on any atom is 0.261 e. The number of carbonyl (C=O) groups excluding carboxylic acids is 1. The molecule has 0 bridgehead atoms. The number of amides is 1. The van der Waals surface area contributed by atoms with Crippen LogP contribution in [0, 0.1) is 12.8 Å². The third-order valence-electron chi connectivity index (χ3n) is 2.46. The van der Waals surface area contributed by atoms with Crippen molar-refractivity contribution in [3.05, 3.63) is 20.3 Å². The summed E-state index contributed by atoms with van der Waals surface area (Å²) >= 11 is 4.86. The first-order valence-electron chi connectivity index (χ1n) is 5.22. The van der Waals surface area contributed by atoms with Crippen molar-refractivity contribution in [3.8, 4) is 0 Å². The molecule has 1 amide bonds. The lowest BCUT2D eigenvalue weighted by molar-refractivity contribution is 0.0932. The summed E-state index contributed by atoms with van der Waals surface area (Å²) in [5, 5.41) is 2.95. The molecule has 1 aromatic rings. The average molecular weight is 305 g/mol. The van der Waals surface area contributed by atoms with Crippen molar-refractivity contribution in [2.75, 3.05) is 6.54 Å². The van der Waals surface area contributed by atoms with E-state index in [1.807, 2.05) is 26.8 Å². The number of thiophene rings is 1. The third-order valence-corrected chi connectivity index (χ3v) is 4.59. The summed E-state index contributed by atoms with van der Waals surface area (Å²) in [6, 6.07) is 1.92. The van der Waals surface area contributed by atoms with Crippen molar-refractivity contribution in [2.24, 2.45) is 11.7 Å². The van der Waals surface area contributed by atoms with Gasteiger partial charge in [0, 0.05) is 12.6 Å². The molecule has 5 heteroatoms. The Kier molecular flexibility index (Phi) is 4.95. The fourth-order valence-corrected chi connectivity index (χ4v) is 2.75. The zero-order valence-corrected chi connectivity index (χ0v) is 12.1. The number of halogens is 1. The van der Waals surface area contributed by atoms with Crippen molar-refractivity contribution in [1.82, 2.24) is 5.32 Å². The maximum absolute atomic E-state index is 11.9. The van der Waals surface area contributed by atoms with Crippen LogP contribution in [-0.4, -0.2) is 18.5 Å². The Morgan fingerprint density at radius 1 is 1.62 bits per heavy atom. The molecule has 1 heterocycles. The molecule has 0 aliphatic heterocycles. The Balaban J connectivity index is 2.71. The van der Waals surface area contributed by atoms with Gasteiger partial charge < -0.3 is 11.1 Å². The number of rotatable bonds is 4. The lowest BCUT2D eigenvalue weighted by Crippen LogP contribution is -2.43. The molecule has 3 nitrogen and oxygen atoms in total. The van der Waals surface area contributed by atoms with Gasteiger partial charge in [-0.2, -0.15) is 0 Å². The monoisotopic (exact) mass is 304 g/mol. The molecular weight excluding hydrogens is 288 g/mol. The van der Waals surface area contributed by atoms with Crippen LogP contribution in [0.5, 0.6) is 0 Å². The summed E-state index contributed by atoms with van der Waals surface area (Å²) in [5.41, 5.74) is 6.70. The molecule has 0 fully saturated rings. The van der Waals surface area contributed by atoms with Crippen LogP contribution >= 0.6 is 27.3 Å². The number of aryl methyl sites for hydroxylation is 1. The molecule has 16 heavy (non-hydrogen) atoms. The van der Waals surface area contributed by atoms with Crippen LogP contribution in [0.3, 0.4) is 0 Å². The van der Waals surface area contributed by atoms with E-state index in [1.54, 1.807) is 0 Å². The number of hydrogen-bond donors (Lipinski definition) is 2. The standard InChI is InChI=1S/C11H17BrN2OS/c1-6(2)8(5-13)14-11(15)9-4-7(3)10(12)16-9/h4,6,8H,5,13H2,1-3H3,(H,14,15). The number of nitrogens with one attached hydrogen (secondary N) is 1. The number of carbonyl (C=O) groups is 1. The molecular formula is C11H17BrN2OS. The molecule has 0 aliphatic rings. The van der Waals surface area contributed by atoms with Crippen molar-refractivity contribution < 1.29 is 4.79 Å². The first-order valence-corrected chi connectivity index (χ1v) is 6.83. The first-order chi connectivity index (χ1) is 7.45. The van der Waals surface area contributed by atoms with E-state index >= 15 is 0 Å². The summed E-state index contributed by atoms with van der Waals surface area (Å²) in [7, 11) is 0. The smallest absolute Gasteiger partial charge is 0.261 e. The third kappa shape index (κ3) is 3.30. The fraction of sp³-hybridized carbons (Fsp3) is 0.545. The highest BCUT2D eigenvalue weighted by atomic mass is 79.9. The summed E-state index contributed by atoms with van der Waals surface area (Å²) < 4.78 is 1.01. The van der Waals surface area contributed by atoms with E-state index in [2.05, 4.69) is 21.2 Å². The minimum atomic E-state index is -0.0389. The molecule has 1 rings (SSSR count). The van der Waals surface area contributed by atoms with Crippen molar-refractivity contribution in [2.45, 2.75) is 26.8 Å². The average Bonchev–Trinajstić information content (AvgIpc) is 2.55. The minimum absolute atomic E-state index is 0.0358. The zero-order valence-electron chi connectivity index (χ0n) is 9.71. The molecule has 0 saturated carbocycles. The summed E-state index contributed by atoms with van der Waals surface area (Å²) in [6.07, 6.45) is 0. The Hall–Kier alpha value is -0.390. The predicted octanol–water partition coefficient (Wildman–Crippen LogP) is 2.53. The van der Waals surface area contributed by atoms with Gasteiger partial charge >= 0.3 is 0 Å². The van der Waals surface area contributed by atoms with Crippen molar-refractivity contribution in [1.29, 1.82) is 0 Å². The van der Waals surface area contributed by atoms with Crippen molar-refractivity contribution >= 4 is 33.2 Å². The Morgan fingerprint density at radius 2 is 2.25 bits per heavy atom. The van der Waals surface area contributed by atoms with Gasteiger partial charge in [-0.15, -0.1) is 11.3 Å². The zero-order chi connectivity index (χ0) is 12.3. The van der Waals surface area contributed by atoms with Gasteiger partial charge in [0.25, 0.3) is 5.91 Å². The van der Waals surface area contributed by atoms with Crippen LogP contribution in [0.25, 0.3) is 0 Å². The van der Waals surface area contributed by atoms with E-state index in [4.69, 9.17) is 5.73 Å². The minimum Gasteiger partial charge on any atom is -0.347 e. The maximum atomic E-state index is 11.9. The molecule has 1 unspecified atom stereocenters. The molecule has 0 radical (unpaired) electrons. The lowest BCUT2D eigenvalue weighted by atomic mass is 10.0. The van der Waals surface area contributed by atoms with Gasteiger partial charge in [0.15, 0.2) is 0 Å². The molecule has 0 spiro atoms. The van der Waals surface area contributed by atoms with E-state index in [-0.39, 0.29) is 11.9 Å². The van der Waals surface area contributed by atoms with E-state index in [1.165, 1.54) is 11.3 Å². The molecule has 0 aromatic carbocycles. The fourth-order valence-electron chi connectivity index (χ4n) is 1.31. The van der Waals surface area contributed by atoms with Gasteiger partial charge in [-0.05, 0) is 40.4 Å². The molecule has 0 saturated heterocycles. The van der Waals surface area contributed by atoms with Gasteiger partial charge in [-0.25, -0.2) is 0 Å². The Labute approximate surface area is 109 Å². The highest BCUT2D eigenvalue weighted by Gasteiger charge is 2.17. The van der Waals surface area contributed by atoms with Gasteiger partial charge in [-0.3, -0.25) is 4.79 Å². The second kappa shape index (κ2) is 5.80. The van der Waals surface area contributed by atoms with Gasteiger partial charge in [0.1, 0.15) is 0 Å². The van der Waals surface area contributed by atoms with E-state index in [9.17, 15) is 4.79 Å². The predicted molar refractivity (Wildman–Crippen MR) is 71.9 cm³/mol. The second-order valence-electron chi connectivity index (χ2n) is 4.13. The topological polar surface area (TPSA) is 55.1 Å². The van der Waals surface area contributed by atoms with Crippen LogP contribution in [-0.2, 0) is 0 Å². The summed E-state index contributed by atoms with van der Waals surface area (Å²) in [5.74, 6) is 0.307. The van der Waals surface area contributed by atoms with E-state index in [0.717, 1.165) is 14.2 Å². The first kappa shape index (κ1) is 13.7. The highest BCUT2D eigenvalue weighted by molar-refractivity contribution is 9.11. The molecule has 0 aliphatic carbocycles. The normalized spacial score (nSPS) is 12.9. The second-order valence-corrected chi connectivity index (χ2v) is 6.50. The van der Waals surface area contributed by atoms with Crippen LogP contribution in [0.1, 0.15) is 29.1 Å². The largest absolute Gasteiger partial charge is 0.347 e. The van der Waals surface area contributed by atoms with Crippen LogP contribution in [0.15, 0.2) is 9.85 Å². The molecule has 1 aromatic heterocycles. The SMILES string of the molecule is Cc1cc(C(=O)NC(CN)C(C)C)sc1Br. The Bertz CT molecular complexity index is 357. The Morgan fingerprint density at radius 3 is 2.62 bits per heavy atom. The quantitative estimate of drug-likeness (QED) is 0.898. The molecule has 1 atom stereocenters. The van der Waals surface area contributed by atoms with Gasteiger partial charge in [0.2, 0.25) is 0 Å². The lowest BCUT2D eigenvalue weighted by Gasteiger charge is -2.19. The highest BCUT2D eigenvalue weighted by Crippen LogP contribution is 2.27. The number of hydrogen-bond acceptors (Lipinski definition) is 3. The van der Waals surface area contributed by atoms with Crippen molar-refractivity contribution in [3.63, 3.8) is 0 Å². The molecule has 3 N–H and O–H groups in total. The van der Waals surface area contributed by atoms with E-state index < -0.39 is 0 Å². The molecule has 90 valence electrons. The number of nitrogens with two attached hydrogens (primary N) is 1. The van der Waals surface area contributed by atoms with Crippen LogP contribution in [0.4, 0.5) is 0 Å².